The van der Waals surface area contributed by atoms with Gasteiger partial charge in [0.05, 0.1) is 24.4 Å². The van der Waals surface area contributed by atoms with Crippen LogP contribution in [0.3, 0.4) is 0 Å². The zero-order valence-electron chi connectivity index (χ0n) is 16.7. The minimum Gasteiger partial charge on any atom is -0.402 e. The SMILES string of the molecule is COCCN=CC(=C(C)N)c1ccc(B2OC(C)(C)C(C)(C)O2)c(F)c1F. The average molecular weight is 380 g/mol. The largest absolute Gasteiger partial charge is 0.497 e. The van der Waals surface area contributed by atoms with Crippen LogP contribution in [0.2, 0.25) is 0 Å². The molecule has 0 atom stereocenters. The summed E-state index contributed by atoms with van der Waals surface area (Å²) in [5, 5.41) is 0. The lowest BCUT2D eigenvalue weighted by molar-refractivity contribution is 0.00578. The van der Waals surface area contributed by atoms with Crippen molar-refractivity contribution in [1.82, 2.24) is 0 Å². The van der Waals surface area contributed by atoms with Crippen molar-refractivity contribution < 1.29 is 22.8 Å². The maximum absolute atomic E-state index is 14.8. The summed E-state index contributed by atoms with van der Waals surface area (Å²) in [5.74, 6) is -2.03. The first-order valence-electron chi connectivity index (χ1n) is 8.81. The predicted octanol–water partition coefficient (Wildman–Crippen LogP) is 2.67. The van der Waals surface area contributed by atoms with Gasteiger partial charge < -0.3 is 19.8 Å². The highest BCUT2D eigenvalue weighted by atomic mass is 19.2. The Morgan fingerprint density at radius 2 is 1.78 bits per heavy atom. The van der Waals surface area contributed by atoms with Gasteiger partial charge in [-0.2, -0.15) is 0 Å². The number of hydrogen-bond acceptors (Lipinski definition) is 5. The molecule has 2 N–H and O–H groups in total. The molecule has 1 heterocycles. The highest BCUT2D eigenvalue weighted by Crippen LogP contribution is 2.37. The normalized spacial score (nSPS) is 19.6. The summed E-state index contributed by atoms with van der Waals surface area (Å²) >= 11 is 0. The zero-order valence-corrected chi connectivity index (χ0v) is 16.7. The number of halogens is 2. The van der Waals surface area contributed by atoms with Crippen LogP contribution < -0.4 is 11.2 Å². The van der Waals surface area contributed by atoms with Gasteiger partial charge in [-0.3, -0.25) is 4.99 Å². The zero-order chi connectivity index (χ0) is 20.4. The molecule has 1 aromatic rings. The van der Waals surface area contributed by atoms with Crippen molar-refractivity contribution in [3.8, 4) is 0 Å². The van der Waals surface area contributed by atoms with Crippen molar-refractivity contribution in [3.05, 3.63) is 35.0 Å². The van der Waals surface area contributed by atoms with Crippen molar-refractivity contribution in [3.63, 3.8) is 0 Å². The van der Waals surface area contributed by atoms with Crippen LogP contribution in [0.25, 0.3) is 5.57 Å². The van der Waals surface area contributed by atoms with Crippen LogP contribution in [0, 0.1) is 11.6 Å². The van der Waals surface area contributed by atoms with E-state index in [0.29, 0.717) is 24.4 Å². The van der Waals surface area contributed by atoms with Crippen LogP contribution in [0.5, 0.6) is 0 Å². The molecule has 27 heavy (non-hydrogen) atoms. The molecule has 0 aromatic heterocycles. The Hall–Kier alpha value is -1.77. The summed E-state index contributed by atoms with van der Waals surface area (Å²) in [6, 6.07) is 2.93. The molecule has 0 radical (unpaired) electrons. The molecule has 0 saturated carbocycles. The lowest BCUT2D eigenvalue weighted by atomic mass is 9.77. The molecule has 1 fully saturated rings. The van der Waals surface area contributed by atoms with Gasteiger partial charge in [-0.05, 0) is 34.6 Å². The highest BCUT2D eigenvalue weighted by molar-refractivity contribution is 6.62. The molecule has 0 bridgehead atoms. The van der Waals surface area contributed by atoms with Gasteiger partial charge in [0.15, 0.2) is 11.6 Å². The Morgan fingerprint density at radius 1 is 1.19 bits per heavy atom. The molecule has 1 aromatic carbocycles. The second-order valence-corrected chi connectivity index (χ2v) is 7.54. The van der Waals surface area contributed by atoms with E-state index in [2.05, 4.69) is 4.99 Å². The second kappa shape index (κ2) is 8.08. The molecule has 0 amide bonds. The van der Waals surface area contributed by atoms with E-state index in [4.69, 9.17) is 19.8 Å². The van der Waals surface area contributed by atoms with E-state index in [1.165, 1.54) is 18.3 Å². The maximum atomic E-state index is 14.8. The summed E-state index contributed by atoms with van der Waals surface area (Å²) in [6.07, 6.45) is 1.43. The maximum Gasteiger partial charge on any atom is 0.497 e. The molecule has 0 unspecified atom stereocenters. The molecular formula is C19H27BF2N2O3. The van der Waals surface area contributed by atoms with Crippen molar-refractivity contribution in [2.75, 3.05) is 20.3 Å². The van der Waals surface area contributed by atoms with E-state index in [-0.39, 0.29) is 11.0 Å². The van der Waals surface area contributed by atoms with Crippen LogP contribution in [0.4, 0.5) is 8.78 Å². The number of benzene rings is 1. The first-order valence-corrected chi connectivity index (χ1v) is 8.81. The fourth-order valence-corrected chi connectivity index (χ4v) is 2.61. The Balaban J connectivity index is 2.37. The lowest BCUT2D eigenvalue weighted by Gasteiger charge is -2.32. The highest BCUT2D eigenvalue weighted by Gasteiger charge is 2.52. The minimum atomic E-state index is -1.02. The number of ether oxygens (including phenoxy) is 1. The van der Waals surface area contributed by atoms with Gasteiger partial charge in [-0.1, -0.05) is 12.1 Å². The number of hydrogen-bond donors (Lipinski definition) is 1. The third-order valence-electron chi connectivity index (χ3n) is 4.98. The quantitative estimate of drug-likeness (QED) is 0.468. The van der Waals surface area contributed by atoms with Gasteiger partial charge in [-0.15, -0.1) is 0 Å². The van der Waals surface area contributed by atoms with Gasteiger partial charge >= 0.3 is 7.12 Å². The monoisotopic (exact) mass is 380 g/mol. The van der Waals surface area contributed by atoms with E-state index in [1.54, 1.807) is 14.0 Å². The molecule has 1 aliphatic heterocycles. The number of allylic oxidation sites excluding steroid dienone is 2. The number of nitrogens with zero attached hydrogens (tertiary/aromatic N) is 1. The van der Waals surface area contributed by atoms with E-state index in [1.807, 2.05) is 27.7 Å². The van der Waals surface area contributed by atoms with Crippen molar-refractivity contribution in [2.24, 2.45) is 10.7 Å². The first kappa shape index (κ1) is 21.5. The number of rotatable bonds is 6. The minimum absolute atomic E-state index is 0.0141. The van der Waals surface area contributed by atoms with Crippen LogP contribution in [-0.4, -0.2) is 44.8 Å². The first-order chi connectivity index (χ1) is 12.5. The second-order valence-electron chi connectivity index (χ2n) is 7.54. The molecule has 0 spiro atoms. The summed E-state index contributed by atoms with van der Waals surface area (Å²) < 4.78 is 46.2. The fraction of sp³-hybridized carbons (Fsp3) is 0.526. The third kappa shape index (κ3) is 4.39. The third-order valence-corrected chi connectivity index (χ3v) is 4.98. The van der Waals surface area contributed by atoms with Crippen molar-refractivity contribution in [1.29, 1.82) is 0 Å². The van der Waals surface area contributed by atoms with Gasteiger partial charge in [0, 0.05) is 35.6 Å². The summed E-state index contributed by atoms with van der Waals surface area (Å²) in [6.45, 7) is 9.83. The fourth-order valence-electron chi connectivity index (χ4n) is 2.61. The summed E-state index contributed by atoms with van der Waals surface area (Å²) in [4.78, 5) is 4.14. The molecule has 8 heteroatoms. The molecule has 148 valence electrons. The van der Waals surface area contributed by atoms with Crippen molar-refractivity contribution in [2.45, 2.75) is 45.8 Å². The lowest BCUT2D eigenvalue weighted by Crippen LogP contribution is -2.41. The molecule has 0 aliphatic carbocycles. The summed E-state index contributed by atoms with van der Waals surface area (Å²) in [5.41, 5.74) is 5.26. The topological polar surface area (TPSA) is 66.1 Å². The van der Waals surface area contributed by atoms with Crippen LogP contribution >= 0.6 is 0 Å². The van der Waals surface area contributed by atoms with E-state index >= 15 is 0 Å². The predicted molar refractivity (Wildman–Crippen MR) is 104 cm³/mol. The Bertz CT molecular complexity index is 744. The van der Waals surface area contributed by atoms with Crippen LogP contribution in [0.1, 0.15) is 40.2 Å². The van der Waals surface area contributed by atoms with Crippen molar-refractivity contribution >= 4 is 24.4 Å². The van der Waals surface area contributed by atoms with E-state index in [0.717, 1.165) is 0 Å². The van der Waals surface area contributed by atoms with Gasteiger partial charge in [0.1, 0.15) is 0 Å². The average Bonchev–Trinajstić information content (AvgIpc) is 2.78. The van der Waals surface area contributed by atoms with E-state index < -0.39 is 30.0 Å². The van der Waals surface area contributed by atoms with Gasteiger partial charge in [0.2, 0.25) is 0 Å². The molecule has 1 saturated heterocycles. The van der Waals surface area contributed by atoms with Gasteiger partial charge in [0.25, 0.3) is 0 Å². The van der Waals surface area contributed by atoms with Crippen LogP contribution in [0.15, 0.2) is 22.8 Å². The number of methoxy groups -OCH3 is 1. The Morgan fingerprint density at radius 3 is 2.30 bits per heavy atom. The molecular weight excluding hydrogens is 353 g/mol. The molecule has 2 rings (SSSR count). The Kier molecular flexibility index (Phi) is 6.45. The molecule has 5 nitrogen and oxygen atoms in total. The number of nitrogens with two attached hydrogens (primary N) is 1. The summed E-state index contributed by atoms with van der Waals surface area (Å²) in [7, 11) is 0.574. The Labute approximate surface area is 159 Å². The van der Waals surface area contributed by atoms with E-state index in [9.17, 15) is 8.78 Å². The van der Waals surface area contributed by atoms with Gasteiger partial charge in [-0.25, -0.2) is 8.78 Å². The standard InChI is InChI=1S/C19H27BF2N2O3/c1-12(23)14(11-24-9-10-25-6)13-7-8-15(17(22)16(13)21)20-26-18(2,3)19(4,5)27-20/h7-8,11H,9-10,23H2,1-6H3. The van der Waals surface area contributed by atoms with Crippen LogP contribution in [-0.2, 0) is 14.0 Å². The number of aliphatic imine (C=N–C) groups is 1. The molecule has 1 aliphatic rings. The smallest absolute Gasteiger partial charge is 0.402 e.